The first kappa shape index (κ1) is 15.0. The first-order chi connectivity index (χ1) is 8.32. The quantitative estimate of drug-likeness (QED) is 0.873. The van der Waals surface area contributed by atoms with E-state index < -0.39 is 6.09 Å². The van der Waals surface area contributed by atoms with Gasteiger partial charge in [0, 0.05) is 11.0 Å². The standard InChI is InChI=1S/C14H20BrNO2/c1-14(2,3)11(8-9-16-13(17)18)10-6-4-5-7-12(10)15/h4-7,11,16H,8-9H2,1-3H3,(H,17,18). The Hall–Kier alpha value is -1.03. The molecular formula is C14H20BrNO2. The molecule has 4 heteroatoms. The van der Waals surface area contributed by atoms with Crippen LogP contribution in [0.5, 0.6) is 0 Å². The maximum Gasteiger partial charge on any atom is 0.404 e. The number of nitrogens with one attached hydrogen (secondary N) is 1. The van der Waals surface area contributed by atoms with Crippen molar-refractivity contribution in [1.82, 2.24) is 5.32 Å². The third-order valence-corrected chi connectivity index (χ3v) is 3.76. The highest BCUT2D eigenvalue weighted by molar-refractivity contribution is 9.10. The molecule has 0 saturated heterocycles. The van der Waals surface area contributed by atoms with Crippen molar-refractivity contribution < 1.29 is 9.90 Å². The number of carboxylic acid groups (broad SMARTS) is 1. The summed E-state index contributed by atoms with van der Waals surface area (Å²) < 4.78 is 1.08. The number of amides is 1. The molecule has 1 unspecified atom stereocenters. The van der Waals surface area contributed by atoms with Crippen LogP contribution in [-0.4, -0.2) is 17.7 Å². The molecule has 0 aromatic heterocycles. The molecule has 0 bridgehead atoms. The Balaban J connectivity index is 2.86. The maximum absolute atomic E-state index is 10.5. The number of halogens is 1. The number of hydrogen-bond donors (Lipinski definition) is 2. The van der Waals surface area contributed by atoms with Crippen molar-refractivity contribution in [3.8, 4) is 0 Å². The van der Waals surface area contributed by atoms with Crippen LogP contribution in [0.3, 0.4) is 0 Å². The van der Waals surface area contributed by atoms with E-state index in [1.165, 1.54) is 5.56 Å². The van der Waals surface area contributed by atoms with Crippen LogP contribution < -0.4 is 5.32 Å². The molecule has 1 rings (SSSR count). The summed E-state index contributed by atoms with van der Waals surface area (Å²) in [6.45, 7) is 7.01. The summed E-state index contributed by atoms with van der Waals surface area (Å²) in [6.07, 6.45) is -0.173. The Morgan fingerprint density at radius 2 is 2.00 bits per heavy atom. The van der Waals surface area contributed by atoms with Gasteiger partial charge in [-0.15, -0.1) is 0 Å². The number of hydrogen-bond acceptors (Lipinski definition) is 1. The molecule has 0 aliphatic heterocycles. The second-order valence-corrected chi connectivity index (χ2v) is 6.32. The van der Waals surface area contributed by atoms with E-state index in [0.717, 1.165) is 10.9 Å². The lowest BCUT2D eigenvalue weighted by atomic mass is 9.74. The van der Waals surface area contributed by atoms with Crippen molar-refractivity contribution in [3.05, 3.63) is 34.3 Å². The van der Waals surface area contributed by atoms with Gasteiger partial charge in [-0.25, -0.2) is 4.79 Å². The fourth-order valence-corrected chi connectivity index (χ4v) is 2.70. The van der Waals surface area contributed by atoms with Crippen molar-refractivity contribution >= 4 is 22.0 Å². The van der Waals surface area contributed by atoms with Crippen LogP contribution in [0.15, 0.2) is 28.7 Å². The first-order valence-corrected chi connectivity index (χ1v) is 6.83. The molecule has 1 aromatic rings. The van der Waals surface area contributed by atoms with E-state index in [2.05, 4.69) is 48.1 Å². The summed E-state index contributed by atoms with van der Waals surface area (Å²) in [5.41, 5.74) is 1.32. The summed E-state index contributed by atoms with van der Waals surface area (Å²) in [6, 6.07) is 8.13. The Kier molecular flexibility index (Phi) is 5.20. The normalized spacial score (nSPS) is 13.1. The molecule has 0 radical (unpaired) electrons. The second kappa shape index (κ2) is 6.23. The van der Waals surface area contributed by atoms with Crippen molar-refractivity contribution in [2.75, 3.05) is 6.54 Å². The van der Waals surface area contributed by atoms with Crippen LogP contribution in [0.25, 0.3) is 0 Å². The molecule has 18 heavy (non-hydrogen) atoms. The molecule has 0 aliphatic carbocycles. The lowest BCUT2D eigenvalue weighted by molar-refractivity contribution is 0.192. The highest BCUT2D eigenvalue weighted by Gasteiger charge is 2.27. The number of carbonyl (C=O) groups is 1. The van der Waals surface area contributed by atoms with Crippen LogP contribution in [0.1, 0.15) is 38.7 Å². The van der Waals surface area contributed by atoms with Gasteiger partial charge in [0.15, 0.2) is 0 Å². The summed E-state index contributed by atoms with van der Waals surface area (Å²) >= 11 is 3.57. The minimum Gasteiger partial charge on any atom is -0.465 e. The van der Waals surface area contributed by atoms with Crippen LogP contribution in [0.2, 0.25) is 0 Å². The minimum atomic E-state index is -0.963. The predicted octanol–water partition coefficient (Wildman–Crippen LogP) is 4.24. The van der Waals surface area contributed by atoms with Gasteiger partial charge >= 0.3 is 6.09 Å². The van der Waals surface area contributed by atoms with Crippen molar-refractivity contribution in [2.24, 2.45) is 5.41 Å². The zero-order valence-electron chi connectivity index (χ0n) is 11.0. The highest BCUT2D eigenvalue weighted by Crippen LogP contribution is 2.40. The first-order valence-electron chi connectivity index (χ1n) is 6.03. The zero-order chi connectivity index (χ0) is 13.8. The van der Waals surface area contributed by atoms with Gasteiger partial charge in [0.25, 0.3) is 0 Å². The summed E-state index contributed by atoms with van der Waals surface area (Å²) in [5.74, 6) is 0.305. The second-order valence-electron chi connectivity index (χ2n) is 5.46. The lowest BCUT2D eigenvalue weighted by Gasteiger charge is -2.32. The lowest BCUT2D eigenvalue weighted by Crippen LogP contribution is -2.27. The third-order valence-electron chi connectivity index (χ3n) is 3.04. The van der Waals surface area contributed by atoms with Gasteiger partial charge in [-0.3, -0.25) is 0 Å². The molecule has 2 N–H and O–H groups in total. The molecule has 1 amide bonds. The molecule has 0 aliphatic rings. The smallest absolute Gasteiger partial charge is 0.404 e. The van der Waals surface area contributed by atoms with Gasteiger partial charge in [-0.05, 0) is 29.4 Å². The van der Waals surface area contributed by atoms with E-state index in [9.17, 15) is 4.79 Å². The summed E-state index contributed by atoms with van der Waals surface area (Å²) in [4.78, 5) is 10.5. The Bertz CT molecular complexity index is 413. The Morgan fingerprint density at radius 1 is 1.39 bits per heavy atom. The van der Waals surface area contributed by atoms with Crippen molar-refractivity contribution in [2.45, 2.75) is 33.1 Å². The topological polar surface area (TPSA) is 49.3 Å². The Morgan fingerprint density at radius 3 is 2.50 bits per heavy atom. The third kappa shape index (κ3) is 4.33. The molecule has 0 spiro atoms. The van der Waals surface area contributed by atoms with Crippen LogP contribution in [0.4, 0.5) is 4.79 Å². The fraction of sp³-hybridized carbons (Fsp3) is 0.500. The molecule has 1 aromatic carbocycles. The zero-order valence-corrected chi connectivity index (χ0v) is 12.6. The molecule has 0 saturated carbocycles. The monoisotopic (exact) mass is 313 g/mol. The van der Waals surface area contributed by atoms with E-state index >= 15 is 0 Å². The molecule has 100 valence electrons. The largest absolute Gasteiger partial charge is 0.465 e. The summed E-state index contributed by atoms with van der Waals surface area (Å²) in [7, 11) is 0. The van der Waals surface area contributed by atoms with E-state index in [1.54, 1.807) is 0 Å². The molecule has 1 atom stereocenters. The molecular weight excluding hydrogens is 294 g/mol. The van der Waals surface area contributed by atoms with Crippen LogP contribution in [-0.2, 0) is 0 Å². The van der Waals surface area contributed by atoms with Gasteiger partial charge in [0.05, 0.1) is 0 Å². The highest BCUT2D eigenvalue weighted by atomic mass is 79.9. The van der Waals surface area contributed by atoms with Gasteiger partial charge in [-0.1, -0.05) is 54.9 Å². The minimum absolute atomic E-state index is 0.0874. The van der Waals surface area contributed by atoms with E-state index in [4.69, 9.17) is 5.11 Å². The number of rotatable bonds is 4. The van der Waals surface area contributed by atoms with E-state index in [0.29, 0.717) is 12.5 Å². The molecule has 0 fully saturated rings. The van der Waals surface area contributed by atoms with Gasteiger partial charge in [-0.2, -0.15) is 0 Å². The average molecular weight is 314 g/mol. The SMILES string of the molecule is CC(C)(C)C(CCNC(=O)O)c1ccccc1Br. The predicted molar refractivity (Wildman–Crippen MR) is 77.0 cm³/mol. The summed E-state index contributed by atoms with van der Waals surface area (Å²) in [5, 5.41) is 11.1. The molecule has 0 heterocycles. The van der Waals surface area contributed by atoms with Crippen molar-refractivity contribution in [3.63, 3.8) is 0 Å². The van der Waals surface area contributed by atoms with Crippen molar-refractivity contribution in [1.29, 1.82) is 0 Å². The van der Waals surface area contributed by atoms with E-state index in [1.807, 2.05) is 18.2 Å². The average Bonchev–Trinajstić information content (AvgIpc) is 2.24. The fourth-order valence-electron chi connectivity index (χ4n) is 2.14. The van der Waals surface area contributed by atoms with Gasteiger partial charge < -0.3 is 10.4 Å². The van der Waals surface area contributed by atoms with E-state index in [-0.39, 0.29) is 5.41 Å². The van der Waals surface area contributed by atoms with Crippen LogP contribution in [0, 0.1) is 5.41 Å². The van der Waals surface area contributed by atoms with Gasteiger partial charge in [0.2, 0.25) is 0 Å². The number of benzene rings is 1. The van der Waals surface area contributed by atoms with Gasteiger partial charge in [0.1, 0.15) is 0 Å². The molecule has 3 nitrogen and oxygen atoms in total. The maximum atomic E-state index is 10.5. The van der Waals surface area contributed by atoms with Crippen LogP contribution >= 0.6 is 15.9 Å². The Labute approximate surface area is 117 Å².